The van der Waals surface area contributed by atoms with Crippen LogP contribution < -0.4 is 5.32 Å². The molecule has 2 heteroatoms. The summed E-state index contributed by atoms with van der Waals surface area (Å²) in [4.78, 5) is 0. The molecule has 0 aromatic rings. The van der Waals surface area contributed by atoms with Gasteiger partial charge in [0.05, 0.1) is 0 Å². The van der Waals surface area contributed by atoms with E-state index in [4.69, 9.17) is 4.74 Å². The Morgan fingerprint density at radius 2 is 2.33 bits per heavy atom. The Hall–Kier alpha value is -0.340. The third-order valence-corrected chi connectivity index (χ3v) is 3.07. The lowest BCUT2D eigenvalue weighted by molar-refractivity contribution is 0.190. The van der Waals surface area contributed by atoms with Crippen molar-refractivity contribution in [2.45, 2.75) is 51.5 Å². The summed E-state index contributed by atoms with van der Waals surface area (Å²) in [6.07, 6.45) is 10.1. The molecular weight excluding hydrogens is 186 g/mol. The van der Waals surface area contributed by atoms with Crippen LogP contribution in [0.15, 0.2) is 11.6 Å². The summed E-state index contributed by atoms with van der Waals surface area (Å²) < 4.78 is 5.11. The highest BCUT2D eigenvalue weighted by atomic mass is 16.5. The Morgan fingerprint density at radius 1 is 1.47 bits per heavy atom. The Kier molecular flexibility index (Phi) is 6.69. The van der Waals surface area contributed by atoms with Gasteiger partial charge >= 0.3 is 0 Å². The van der Waals surface area contributed by atoms with Crippen LogP contribution in [0.2, 0.25) is 0 Å². The number of ether oxygens (including phenoxy) is 1. The maximum atomic E-state index is 5.11. The standard InChI is InChI=1S/C13H25NO/c1-3-14-13(10-7-11-15-2)12-8-5-4-6-9-12/h8,13-14H,3-7,9-11H2,1-2H3. The highest BCUT2D eigenvalue weighted by molar-refractivity contribution is 5.13. The molecule has 1 rings (SSSR count). The smallest absolute Gasteiger partial charge is 0.0462 e. The van der Waals surface area contributed by atoms with Crippen LogP contribution in [0.4, 0.5) is 0 Å². The largest absolute Gasteiger partial charge is 0.385 e. The van der Waals surface area contributed by atoms with Crippen LogP contribution >= 0.6 is 0 Å². The first-order valence-electron chi connectivity index (χ1n) is 6.29. The first-order valence-corrected chi connectivity index (χ1v) is 6.29. The number of likely N-dealkylation sites (N-methyl/N-ethyl adjacent to an activating group) is 1. The second kappa shape index (κ2) is 7.89. The molecule has 1 atom stereocenters. The molecule has 1 aliphatic rings. The van der Waals surface area contributed by atoms with Crippen LogP contribution in [0.5, 0.6) is 0 Å². The van der Waals surface area contributed by atoms with Crippen molar-refractivity contribution < 1.29 is 4.74 Å². The number of hydrogen-bond donors (Lipinski definition) is 1. The van der Waals surface area contributed by atoms with Gasteiger partial charge in [0.25, 0.3) is 0 Å². The van der Waals surface area contributed by atoms with Crippen molar-refractivity contribution in [3.8, 4) is 0 Å². The average molecular weight is 211 g/mol. The van der Waals surface area contributed by atoms with Gasteiger partial charge in [0.15, 0.2) is 0 Å². The first kappa shape index (κ1) is 12.7. The Balaban J connectivity index is 2.37. The fourth-order valence-corrected chi connectivity index (χ4v) is 2.28. The first-order chi connectivity index (χ1) is 7.38. The van der Waals surface area contributed by atoms with Crippen LogP contribution in [-0.4, -0.2) is 26.3 Å². The second-order valence-corrected chi connectivity index (χ2v) is 4.27. The number of methoxy groups -OCH3 is 1. The summed E-state index contributed by atoms with van der Waals surface area (Å²) in [6.45, 7) is 4.14. The average Bonchev–Trinajstić information content (AvgIpc) is 2.29. The monoisotopic (exact) mass is 211 g/mol. The van der Waals surface area contributed by atoms with Gasteiger partial charge in [-0.05, 0) is 45.1 Å². The molecule has 0 aromatic carbocycles. The lowest BCUT2D eigenvalue weighted by Gasteiger charge is -2.24. The minimum Gasteiger partial charge on any atom is -0.385 e. The summed E-state index contributed by atoms with van der Waals surface area (Å²) in [6, 6.07) is 0.602. The van der Waals surface area contributed by atoms with Crippen LogP contribution in [0.3, 0.4) is 0 Å². The summed E-state index contributed by atoms with van der Waals surface area (Å²) in [5.74, 6) is 0. The molecule has 0 saturated carbocycles. The molecular formula is C13H25NO. The molecule has 0 aliphatic heterocycles. The van der Waals surface area contributed by atoms with E-state index in [0.717, 1.165) is 19.6 Å². The molecule has 0 amide bonds. The van der Waals surface area contributed by atoms with Crippen molar-refractivity contribution in [3.63, 3.8) is 0 Å². The van der Waals surface area contributed by atoms with E-state index in [2.05, 4.69) is 18.3 Å². The van der Waals surface area contributed by atoms with Gasteiger partial charge in [-0.2, -0.15) is 0 Å². The molecule has 0 heterocycles. The van der Waals surface area contributed by atoms with Crippen LogP contribution in [0.1, 0.15) is 45.4 Å². The van der Waals surface area contributed by atoms with Gasteiger partial charge < -0.3 is 10.1 Å². The Morgan fingerprint density at radius 3 is 2.93 bits per heavy atom. The molecule has 2 nitrogen and oxygen atoms in total. The molecule has 88 valence electrons. The van der Waals surface area contributed by atoms with E-state index in [1.54, 1.807) is 12.7 Å². The zero-order chi connectivity index (χ0) is 10.9. The van der Waals surface area contributed by atoms with Crippen molar-refractivity contribution in [2.24, 2.45) is 0 Å². The molecule has 0 bridgehead atoms. The van der Waals surface area contributed by atoms with Gasteiger partial charge in [-0.25, -0.2) is 0 Å². The van der Waals surface area contributed by atoms with Gasteiger partial charge in [-0.15, -0.1) is 0 Å². The van der Waals surface area contributed by atoms with Gasteiger partial charge in [0, 0.05) is 19.8 Å². The number of allylic oxidation sites excluding steroid dienone is 1. The second-order valence-electron chi connectivity index (χ2n) is 4.27. The maximum absolute atomic E-state index is 5.11. The van der Waals surface area contributed by atoms with Crippen molar-refractivity contribution in [2.75, 3.05) is 20.3 Å². The predicted octanol–water partition coefficient (Wildman–Crippen LogP) is 2.89. The van der Waals surface area contributed by atoms with Gasteiger partial charge in [0.1, 0.15) is 0 Å². The lowest BCUT2D eigenvalue weighted by Crippen LogP contribution is -2.31. The van der Waals surface area contributed by atoms with Crippen molar-refractivity contribution >= 4 is 0 Å². The van der Waals surface area contributed by atoms with E-state index < -0.39 is 0 Å². The summed E-state index contributed by atoms with van der Waals surface area (Å²) in [7, 11) is 1.78. The third kappa shape index (κ3) is 4.80. The zero-order valence-corrected chi connectivity index (χ0v) is 10.2. The highest BCUT2D eigenvalue weighted by Crippen LogP contribution is 2.22. The minimum absolute atomic E-state index is 0.602. The van der Waals surface area contributed by atoms with E-state index >= 15 is 0 Å². The Bertz CT molecular complexity index is 189. The normalized spacial score (nSPS) is 18.7. The van der Waals surface area contributed by atoms with Crippen LogP contribution in [0.25, 0.3) is 0 Å². The summed E-state index contributed by atoms with van der Waals surface area (Å²) in [5, 5.41) is 3.59. The molecule has 0 saturated heterocycles. The highest BCUT2D eigenvalue weighted by Gasteiger charge is 2.14. The van der Waals surface area contributed by atoms with E-state index in [1.165, 1.54) is 32.1 Å². The van der Waals surface area contributed by atoms with Crippen molar-refractivity contribution in [1.82, 2.24) is 5.32 Å². The molecule has 1 N–H and O–H groups in total. The third-order valence-electron chi connectivity index (χ3n) is 3.07. The predicted molar refractivity (Wildman–Crippen MR) is 65.1 cm³/mol. The number of nitrogens with one attached hydrogen (secondary N) is 1. The lowest BCUT2D eigenvalue weighted by atomic mass is 9.91. The van der Waals surface area contributed by atoms with E-state index in [9.17, 15) is 0 Å². The summed E-state index contributed by atoms with van der Waals surface area (Å²) >= 11 is 0. The fraction of sp³-hybridized carbons (Fsp3) is 0.846. The van der Waals surface area contributed by atoms with Crippen LogP contribution in [0, 0.1) is 0 Å². The summed E-state index contributed by atoms with van der Waals surface area (Å²) in [5.41, 5.74) is 1.64. The molecule has 1 aliphatic carbocycles. The van der Waals surface area contributed by atoms with Gasteiger partial charge in [-0.3, -0.25) is 0 Å². The quantitative estimate of drug-likeness (QED) is 0.516. The fourth-order valence-electron chi connectivity index (χ4n) is 2.28. The maximum Gasteiger partial charge on any atom is 0.0462 e. The molecule has 15 heavy (non-hydrogen) atoms. The SMILES string of the molecule is CCNC(CCCOC)C1=CCCCC1. The molecule has 0 aromatic heterocycles. The van der Waals surface area contributed by atoms with Gasteiger partial charge in [0.2, 0.25) is 0 Å². The zero-order valence-electron chi connectivity index (χ0n) is 10.2. The Labute approximate surface area is 94.1 Å². The molecule has 0 radical (unpaired) electrons. The van der Waals surface area contributed by atoms with E-state index in [1.807, 2.05) is 0 Å². The molecule has 0 fully saturated rings. The number of rotatable bonds is 7. The van der Waals surface area contributed by atoms with Crippen LogP contribution in [-0.2, 0) is 4.74 Å². The van der Waals surface area contributed by atoms with Crippen molar-refractivity contribution in [3.05, 3.63) is 11.6 Å². The van der Waals surface area contributed by atoms with E-state index in [0.29, 0.717) is 6.04 Å². The number of hydrogen-bond acceptors (Lipinski definition) is 2. The topological polar surface area (TPSA) is 21.3 Å². The van der Waals surface area contributed by atoms with Gasteiger partial charge in [-0.1, -0.05) is 18.6 Å². The molecule has 1 unspecified atom stereocenters. The minimum atomic E-state index is 0.602. The molecule has 0 spiro atoms. The van der Waals surface area contributed by atoms with E-state index in [-0.39, 0.29) is 0 Å². The van der Waals surface area contributed by atoms with Crippen molar-refractivity contribution in [1.29, 1.82) is 0 Å².